The number of nitrogens with two attached hydrogens (primary N) is 1. The van der Waals surface area contributed by atoms with Gasteiger partial charge in [-0.1, -0.05) is 44.7 Å². The first kappa shape index (κ1) is 18.0. The first-order valence-electron chi connectivity index (χ1n) is 7.78. The van der Waals surface area contributed by atoms with Crippen LogP contribution in [0.5, 0.6) is 0 Å². The molecule has 0 radical (unpaired) electrons. The fourth-order valence-corrected chi connectivity index (χ4v) is 3.09. The van der Waals surface area contributed by atoms with E-state index in [-0.39, 0.29) is 18.3 Å². The number of nitrogens with one attached hydrogen (secondary N) is 1. The van der Waals surface area contributed by atoms with Gasteiger partial charge < -0.3 is 11.1 Å². The Labute approximate surface area is 134 Å². The van der Waals surface area contributed by atoms with Crippen molar-refractivity contribution in [2.24, 2.45) is 17.6 Å². The van der Waals surface area contributed by atoms with E-state index in [1.54, 1.807) is 0 Å². The molecule has 2 unspecified atom stereocenters. The summed E-state index contributed by atoms with van der Waals surface area (Å²) in [6.07, 6.45) is 6.50. The maximum absolute atomic E-state index is 12.0. The minimum absolute atomic E-state index is 0. The number of hydrogen-bond acceptors (Lipinski definition) is 2. The lowest BCUT2D eigenvalue weighted by molar-refractivity contribution is 0.0948. The Morgan fingerprint density at radius 3 is 2.52 bits per heavy atom. The van der Waals surface area contributed by atoms with Crippen LogP contribution in [-0.4, -0.2) is 12.5 Å². The molecule has 3 N–H and O–H groups in total. The van der Waals surface area contributed by atoms with Crippen LogP contribution in [-0.2, 0) is 6.54 Å². The molecule has 0 aliphatic heterocycles. The Hall–Kier alpha value is -1.06. The molecule has 1 aromatic rings. The normalized spacial score (nSPS) is 21.4. The monoisotopic (exact) mass is 310 g/mol. The second-order valence-corrected chi connectivity index (χ2v) is 5.97. The van der Waals surface area contributed by atoms with Gasteiger partial charge in [-0.15, -0.1) is 12.4 Å². The van der Waals surface area contributed by atoms with Gasteiger partial charge in [0.1, 0.15) is 0 Å². The van der Waals surface area contributed by atoms with Crippen molar-refractivity contribution in [1.82, 2.24) is 5.32 Å². The van der Waals surface area contributed by atoms with E-state index in [2.05, 4.69) is 12.2 Å². The third-order valence-electron chi connectivity index (χ3n) is 4.54. The fourth-order valence-electron chi connectivity index (χ4n) is 3.09. The van der Waals surface area contributed by atoms with Crippen LogP contribution in [0.25, 0.3) is 0 Å². The molecule has 1 saturated carbocycles. The maximum atomic E-state index is 12.0. The number of hydrogen-bond donors (Lipinski definition) is 2. The topological polar surface area (TPSA) is 55.1 Å². The number of carbonyl (C=O) groups excluding carboxylic acids is 1. The first-order valence-corrected chi connectivity index (χ1v) is 7.78. The number of carbonyl (C=O) groups is 1. The van der Waals surface area contributed by atoms with Crippen molar-refractivity contribution in [1.29, 1.82) is 0 Å². The molecule has 1 aliphatic carbocycles. The average molecular weight is 311 g/mol. The molecule has 1 aromatic carbocycles. The van der Waals surface area contributed by atoms with Crippen molar-refractivity contribution in [3.63, 3.8) is 0 Å². The molecule has 0 spiro atoms. The van der Waals surface area contributed by atoms with Crippen molar-refractivity contribution < 1.29 is 4.79 Å². The third-order valence-corrected chi connectivity index (χ3v) is 4.54. The van der Waals surface area contributed by atoms with Gasteiger partial charge in [-0.05, 0) is 36.0 Å². The van der Waals surface area contributed by atoms with Gasteiger partial charge in [0.05, 0.1) is 0 Å². The second kappa shape index (κ2) is 9.06. The number of halogens is 1. The standard InChI is InChI=1S/C17H26N2O.ClH/c1-13-4-2-3-5-15(13)10-11-19-17(20)16-8-6-14(12-18)7-9-16;/h6-9,13,15H,2-5,10-12,18H2,1H3,(H,19,20);1H. The van der Waals surface area contributed by atoms with Gasteiger partial charge in [-0.2, -0.15) is 0 Å². The van der Waals surface area contributed by atoms with Gasteiger partial charge in [0, 0.05) is 18.7 Å². The molecule has 4 heteroatoms. The highest BCUT2D eigenvalue weighted by molar-refractivity contribution is 5.94. The van der Waals surface area contributed by atoms with Gasteiger partial charge >= 0.3 is 0 Å². The van der Waals surface area contributed by atoms with Crippen molar-refractivity contribution in [2.75, 3.05) is 6.54 Å². The van der Waals surface area contributed by atoms with Gasteiger partial charge in [-0.25, -0.2) is 0 Å². The van der Waals surface area contributed by atoms with E-state index in [4.69, 9.17) is 5.73 Å². The molecule has 1 aliphatic rings. The van der Waals surface area contributed by atoms with Crippen LogP contribution in [0, 0.1) is 11.8 Å². The molecule has 3 nitrogen and oxygen atoms in total. The van der Waals surface area contributed by atoms with Crippen molar-refractivity contribution in [3.8, 4) is 0 Å². The number of rotatable bonds is 5. The molecule has 118 valence electrons. The van der Waals surface area contributed by atoms with Crippen LogP contribution < -0.4 is 11.1 Å². The van der Waals surface area contributed by atoms with Crippen LogP contribution in [0.15, 0.2) is 24.3 Å². The van der Waals surface area contributed by atoms with Crippen molar-refractivity contribution >= 4 is 18.3 Å². The number of benzene rings is 1. The smallest absolute Gasteiger partial charge is 0.251 e. The quantitative estimate of drug-likeness (QED) is 0.874. The minimum Gasteiger partial charge on any atom is -0.352 e. The zero-order chi connectivity index (χ0) is 14.4. The van der Waals surface area contributed by atoms with E-state index in [1.165, 1.54) is 25.7 Å². The highest BCUT2D eigenvalue weighted by Gasteiger charge is 2.20. The van der Waals surface area contributed by atoms with E-state index < -0.39 is 0 Å². The Morgan fingerprint density at radius 2 is 1.90 bits per heavy atom. The Balaban J connectivity index is 0.00000220. The highest BCUT2D eigenvalue weighted by Crippen LogP contribution is 2.31. The molecule has 1 fully saturated rings. The molecule has 0 heterocycles. The van der Waals surface area contributed by atoms with Crippen LogP contribution in [0.2, 0.25) is 0 Å². The molecule has 0 aromatic heterocycles. The molecule has 2 rings (SSSR count). The second-order valence-electron chi connectivity index (χ2n) is 5.97. The molecular formula is C17H27ClN2O. The lowest BCUT2D eigenvalue weighted by Gasteiger charge is -2.28. The summed E-state index contributed by atoms with van der Waals surface area (Å²) in [6, 6.07) is 7.53. The van der Waals surface area contributed by atoms with E-state index >= 15 is 0 Å². The molecule has 0 saturated heterocycles. The minimum atomic E-state index is 0. The number of amides is 1. The lowest BCUT2D eigenvalue weighted by Crippen LogP contribution is -2.28. The zero-order valence-electron chi connectivity index (χ0n) is 12.8. The predicted octanol–water partition coefficient (Wildman–Crippen LogP) is 3.51. The molecule has 2 atom stereocenters. The largest absolute Gasteiger partial charge is 0.352 e. The maximum Gasteiger partial charge on any atom is 0.251 e. The summed E-state index contributed by atoms with van der Waals surface area (Å²) >= 11 is 0. The average Bonchev–Trinajstić information content (AvgIpc) is 2.49. The van der Waals surface area contributed by atoms with Crippen LogP contribution in [0.1, 0.15) is 54.9 Å². The summed E-state index contributed by atoms with van der Waals surface area (Å²) in [6.45, 7) is 3.64. The summed E-state index contributed by atoms with van der Waals surface area (Å²) in [7, 11) is 0. The summed E-state index contributed by atoms with van der Waals surface area (Å²) in [5.41, 5.74) is 7.33. The molecule has 21 heavy (non-hydrogen) atoms. The fraction of sp³-hybridized carbons (Fsp3) is 0.588. The Morgan fingerprint density at radius 1 is 1.24 bits per heavy atom. The molecule has 0 bridgehead atoms. The van der Waals surface area contributed by atoms with Crippen LogP contribution >= 0.6 is 12.4 Å². The Bertz CT molecular complexity index is 433. The zero-order valence-corrected chi connectivity index (χ0v) is 13.6. The van der Waals surface area contributed by atoms with Crippen molar-refractivity contribution in [3.05, 3.63) is 35.4 Å². The SMILES string of the molecule is CC1CCCCC1CCNC(=O)c1ccc(CN)cc1.Cl. The summed E-state index contributed by atoms with van der Waals surface area (Å²) in [5.74, 6) is 1.62. The van der Waals surface area contributed by atoms with Crippen LogP contribution in [0.3, 0.4) is 0 Å². The van der Waals surface area contributed by atoms with Crippen LogP contribution in [0.4, 0.5) is 0 Å². The van der Waals surface area contributed by atoms with E-state index in [9.17, 15) is 4.79 Å². The predicted molar refractivity (Wildman–Crippen MR) is 89.7 cm³/mol. The Kier molecular flexibility index (Phi) is 7.76. The van der Waals surface area contributed by atoms with E-state index in [0.717, 1.165) is 35.9 Å². The summed E-state index contributed by atoms with van der Waals surface area (Å²) in [4.78, 5) is 12.0. The van der Waals surface area contributed by atoms with Gasteiger partial charge in [0.15, 0.2) is 0 Å². The van der Waals surface area contributed by atoms with E-state index in [1.807, 2.05) is 24.3 Å². The van der Waals surface area contributed by atoms with Gasteiger partial charge in [0.2, 0.25) is 0 Å². The lowest BCUT2D eigenvalue weighted by atomic mass is 9.79. The summed E-state index contributed by atoms with van der Waals surface area (Å²) in [5, 5.41) is 3.03. The van der Waals surface area contributed by atoms with Crippen molar-refractivity contribution in [2.45, 2.75) is 45.6 Å². The summed E-state index contributed by atoms with van der Waals surface area (Å²) < 4.78 is 0. The van der Waals surface area contributed by atoms with Gasteiger partial charge in [-0.3, -0.25) is 4.79 Å². The first-order chi connectivity index (χ1) is 9.70. The molecule has 1 amide bonds. The van der Waals surface area contributed by atoms with E-state index in [0.29, 0.717) is 6.54 Å². The molecular weight excluding hydrogens is 284 g/mol. The van der Waals surface area contributed by atoms with Gasteiger partial charge in [0.25, 0.3) is 5.91 Å². The highest BCUT2D eigenvalue weighted by atomic mass is 35.5. The third kappa shape index (κ3) is 5.33.